The summed E-state index contributed by atoms with van der Waals surface area (Å²) < 4.78 is 56.8. The number of amides is 2. The number of nitrogens with one attached hydrogen (secondary N) is 1. The molecule has 1 saturated heterocycles. The highest BCUT2D eigenvalue weighted by Gasteiger charge is 2.47. The van der Waals surface area contributed by atoms with Crippen molar-refractivity contribution in [3.63, 3.8) is 0 Å². The van der Waals surface area contributed by atoms with Crippen LogP contribution in [-0.4, -0.2) is 67.8 Å². The Hall–Kier alpha value is -1.99. The summed E-state index contributed by atoms with van der Waals surface area (Å²) in [6.45, 7) is 0.652. The van der Waals surface area contributed by atoms with Gasteiger partial charge >= 0.3 is 16.4 Å². The van der Waals surface area contributed by atoms with Gasteiger partial charge in [0, 0.05) is 19.7 Å². The molecule has 0 spiro atoms. The molecule has 2 aliphatic heterocycles. The lowest BCUT2D eigenvalue weighted by atomic mass is 10.1. The van der Waals surface area contributed by atoms with E-state index in [4.69, 9.17) is 13.7 Å². The largest absolute Gasteiger partial charge is 0.418 e. The zero-order valence-corrected chi connectivity index (χ0v) is 15.8. The van der Waals surface area contributed by atoms with Gasteiger partial charge in [-0.25, -0.2) is 15.4 Å². The van der Waals surface area contributed by atoms with E-state index in [1.54, 1.807) is 17.9 Å². The third-order valence-corrected chi connectivity index (χ3v) is 4.15. The number of aryl methyl sites for hydroxylation is 1. The lowest BCUT2D eigenvalue weighted by Crippen LogP contribution is -2.32. The average molecular weight is 429 g/mol. The molecule has 2 amide bonds. The highest BCUT2D eigenvalue weighted by atomic mass is 32.3. The third kappa shape index (κ3) is 5.49. The van der Waals surface area contributed by atoms with Crippen molar-refractivity contribution < 1.29 is 35.4 Å². The predicted molar refractivity (Wildman–Crippen MR) is 91.9 cm³/mol. The number of hydrogen-bond acceptors (Lipinski definition) is 10. The summed E-state index contributed by atoms with van der Waals surface area (Å²) >= 11 is -3.40. The normalized spacial score (nSPS) is 19.8. The maximum Gasteiger partial charge on any atom is 0.418 e. The van der Waals surface area contributed by atoms with Crippen LogP contribution < -0.4 is 10.6 Å². The van der Waals surface area contributed by atoms with Crippen molar-refractivity contribution in [1.29, 1.82) is 0 Å². The van der Waals surface area contributed by atoms with E-state index in [1.807, 2.05) is 5.48 Å². The monoisotopic (exact) mass is 429 g/mol. The van der Waals surface area contributed by atoms with E-state index in [9.17, 15) is 13.2 Å². The van der Waals surface area contributed by atoms with Crippen molar-refractivity contribution in [3.8, 4) is 0 Å². The molecule has 154 valence electrons. The lowest BCUT2D eigenvalue weighted by molar-refractivity contribution is -0.0316. The number of nitrogens with two attached hydrogens (primary N) is 1. The molecule has 3 rings (SSSR count). The third-order valence-electron chi connectivity index (χ3n) is 3.46. The molecule has 17 heteroatoms. The Morgan fingerprint density at radius 3 is 2.67 bits per heavy atom. The van der Waals surface area contributed by atoms with Crippen molar-refractivity contribution in [3.05, 3.63) is 17.5 Å². The van der Waals surface area contributed by atoms with Gasteiger partial charge in [-0.2, -0.15) is 22.9 Å². The number of urea groups is 1. The van der Waals surface area contributed by atoms with Crippen LogP contribution in [0.1, 0.15) is 17.3 Å². The quantitative estimate of drug-likeness (QED) is 0.169. The first-order valence-corrected chi connectivity index (χ1v) is 9.99. The van der Waals surface area contributed by atoms with E-state index in [1.165, 1.54) is 11.9 Å². The highest BCUT2D eigenvalue weighted by molar-refractivity contribution is 8.18. The summed E-state index contributed by atoms with van der Waals surface area (Å²) in [6, 6.07) is -1.16. The van der Waals surface area contributed by atoms with E-state index in [0.717, 1.165) is 17.6 Å². The van der Waals surface area contributed by atoms with Gasteiger partial charge < -0.3 is 4.90 Å². The van der Waals surface area contributed by atoms with Crippen molar-refractivity contribution in [2.45, 2.75) is 12.6 Å². The fourth-order valence-corrected chi connectivity index (χ4v) is 3.01. The van der Waals surface area contributed by atoms with Crippen LogP contribution in [-0.2, 0) is 32.6 Å². The van der Waals surface area contributed by atoms with Gasteiger partial charge in [0.2, 0.25) is 0 Å². The number of hydrogen-bond donors (Lipinski definition) is 5. The predicted octanol–water partition coefficient (Wildman–Crippen LogP) is -0.848. The average Bonchev–Trinajstić information content (AvgIpc) is 3.01. The van der Waals surface area contributed by atoms with Crippen LogP contribution in [0.15, 0.2) is 11.2 Å². The van der Waals surface area contributed by atoms with Crippen LogP contribution in [0.5, 0.6) is 0 Å². The fraction of sp³-hybridized carbons (Fsp3) is 0.500. The Bertz CT molecular complexity index is 820. The molecule has 0 aliphatic carbocycles. The Balaban J connectivity index is 0.000000249. The molecule has 0 aromatic carbocycles. The second kappa shape index (κ2) is 7.94. The molecule has 6 N–H and O–H groups in total. The minimum Gasteiger partial charge on any atom is -0.314 e. The number of fused-ring (bicyclic) bond motifs is 4. The zero-order chi connectivity index (χ0) is 20.4. The van der Waals surface area contributed by atoms with E-state index in [-0.39, 0.29) is 0 Å². The first-order chi connectivity index (χ1) is 12.4. The number of aromatic nitrogens is 2. The number of nitrogens with zero attached hydrogens (tertiary/aromatic N) is 5. The SMILES string of the molecule is CN=CNOS(N)(O)O.Cn1ncc2c1CN1CC2N(OS(=O)(=O)O)C1=O. The van der Waals surface area contributed by atoms with Gasteiger partial charge in [-0.3, -0.25) is 23.3 Å². The summed E-state index contributed by atoms with van der Waals surface area (Å²) in [5, 5.41) is 9.35. The van der Waals surface area contributed by atoms with Crippen LogP contribution in [0.25, 0.3) is 0 Å². The Labute approximate surface area is 155 Å². The van der Waals surface area contributed by atoms with Gasteiger partial charge in [0.1, 0.15) is 12.4 Å². The van der Waals surface area contributed by atoms with Gasteiger partial charge in [-0.1, -0.05) is 0 Å². The van der Waals surface area contributed by atoms with Crippen LogP contribution in [0.4, 0.5) is 4.79 Å². The number of hydroxylamine groups is 3. The molecule has 1 aromatic heterocycles. The van der Waals surface area contributed by atoms with Crippen LogP contribution in [0, 0.1) is 0 Å². The van der Waals surface area contributed by atoms with Crippen molar-refractivity contribution in [2.24, 2.45) is 17.2 Å². The topological polar surface area (TPSA) is 205 Å². The summed E-state index contributed by atoms with van der Waals surface area (Å²) in [4.78, 5) is 16.7. The smallest absolute Gasteiger partial charge is 0.314 e. The maximum absolute atomic E-state index is 11.9. The second-order valence-corrected chi connectivity index (χ2v) is 7.55. The molecule has 3 heterocycles. The molecule has 0 radical (unpaired) electrons. The van der Waals surface area contributed by atoms with Gasteiger partial charge in [0.05, 0.1) is 25.0 Å². The van der Waals surface area contributed by atoms with E-state index >= 15 is 0 Å². The van der Waals surface area contributed by atoms with Crippen LogP contribution in [0.3, 0.4) is 0 Å². The molecule has 2 bridgehead atoms. The van der Waals surface area contributed by atoms with E-state index in [0.29, 0.717) is 18.2 Å². The zero-order valence-electron chi connectivity index (χ0n) is 14.2. The minimum absolute atomic E-state index is 0.313. The van der Waals surface area contributed by atoms with Crippen molar-refractivity contribution in [2.75, 3.05) is 13.6 Å². The minimum atomic E-state index is -4.72. The molecule has 1 fully saturated rings. The molecule has 1 atom stereocenters. The molecule has 2 aliphatic rings. The highest BCUT2D eigenvalue weighted by Crippen LogP contribution is 2.37. The molecular weight excluding hydrogens is 410 g/mol. The summed E-state index contributed by atoms with van der Waals surface area (Å²) in [7, 11) is -1.50. The van der Waals surface area contributed by atoms with Crippen LogP contribution in [0.2, 0.25) is 0 Å². The standard InChI is InChI=1S/C8H10N4O5S.C2H9N3O3S/c1-10-6-3-11-4-7(5(6)2-9-10)12(8(11)13)17-18(14,15)16;1-4-2-5-8-9(3,6)7/h2,7H,3-4H2,1H3,(H,14,15,16);2,6-7H,3H2,1H3,(H,4,5). The first kappa shape index (κ1) is 21.3. The van der Waals surface area contributed by atoms with E-state index < -0.39 is 33.5 Å². The Morgan fingerprint density at radius 1 is 1.44 bits per heavy atom. The van der Waals surface area contributed by atoms with Gasteiger partial charge in [-0.15, -0.1) is 4.28 Å². The number of rotatable bonds is 5. The molecule has 27 heavy (non-hydrogen) atoms. The Kier molecular flexibility index (Phi) is 6.27. The Morgan fingerprint density at radius 2 is 2.11 bits per heavy atom. The van der Waals surface area contributed by atoms with Crippen molar-refractivity contribution >= 4 is 33.8 Å². The molecule has 0 saturated carbocycles. The van der Waals surface area contributed by atoms with Crippen LogP contribution >= 0.6 is 11.1 Å². The second-order valence-electron chi connectivity index (χ2n) is 5.30. The van der Waals surface area contributed by atoms with Gasteiger partial charge in [0.15, 0.2) is 11.1 Å². The molecule has 1 unspecified atom stereocenters. The number of carbonyl (C=O) groups excluding carboxylic acids is 1. The van der Waals surface area contributed by atoms with Gasteiger partial charge in [-0.05, 0) is 0 Å². The maximum atomic E-state index is 11.9. The number of aliphatic imine (C=N–C) groups is 1. The molecule has 15 nitrogen and oxygen atoms in total. The molecular formula is C10H19N7O8S2. The summed E-state index contributed by atoms with van der Waals surface area (Å²) in [6.07, 6.45) is 2.69. The molecule has 1 aromatic rings. The first-order valence-electron chi connectivity index (χ1n) is 7.09. The van der Waals surface area contributed by atoms with Gasteiger partial charge in [0.25, 0.3) is 0 Å². The fourth-order valence-electron chi connectivity index (χ4n) is 2.45. The summed E-state index contributed by atoms with van der Waals surface area (Å²) in [5.74, 6) is 0. The number of carbonyl (C=O) groups is 1. The van der Waals surface area contributed by atoms with E-state index in [2.05, 4.69) is 23.8 Å². The lowest BCUT2D eigenvalue weighted by Gasteiger charge is -2.21. The summed E-state index contributed by atoms with van der Waals surface area (Å²) in [5.41, 5.74) is 3.54. The van der Waals surface area contributed by atoms with Crippen molar-refractivity contribution in [1.82, 2.24) is 25.2 Å².